The Balaban J connectivity index is 2.14. The second-order valence-corrected chi connectivity index (χ2v) is 4.58. The minimum absolute atomic E-state index is 0.160. The number of amides is 1. The monoisotopic (exact) mass is 281 g/mol. The van der Waals surface area contributed by atoms with E-state index in [1.54, 1.807) is 25.1 Å². The van der Waals surface area contributed by atoms with Crippen LogP contribution in [0.15, 0.2) is 24.3 Å². The Morgan fingerprint density at radius 3 is 2.25 bits per heavy atom. The highest BCUT2D eigenvalue weighted by atomic mass is 16.6. The molecule has 0 spiro atoms. The van der Waals surface area contributed by atoms with Crippen molar-refractivity contribution in [3.8, 4) is 11.5 Å². The molecule has 0 saturated heterocycles. The van der Waals surface area contributed by atoms with Gasteiger partial charge in [-0.05, 0) is 19.1 Å². The van der Waals surface area contributed by atoms with Crippen LogP contribution in [0, 0.1) is 0 Å². The number of fused-ring (bicyclic) bond motifs is 1. The molecule has 6 heteroatoms. The molecule has 0 aliphatic carbocycles. The van der Waals surface area contributed by atoms with Gasteiger partial charge in [0.1, 0.15) is 6.10 Å². The first-order chi connectivity index (χ1) is 9.67. The number of hydrogen-bond donors (Lipinski definition) is 2. The number of aliphatic hydroxyl groups is 2. The fourth-order valence-corrected chi connectivity index (χ4v) is 2.14. The molecular formula is C14H19NO5. The number of rotatable bonds is 5. The smallest absolute Gasteiger partial charge is 0.267 e. The first-order valence-electron chi connectivity index (χ1n) is 6.60. The highest BCUT2D eigenvalue weighted by Gasteiger charge is 2.36. The number of para-hydroxylation sites is 2. The average molecular weight is 281 g/mol. The third-order valence-corrected chi connectivity index (χ3v) is 3.14. The molecule has 110 valence electrons. The lowest BCUT2D eigenvalue weighted by atomic mass is 10.1. The Labute approximate surface area is 117 Å². The second-order valence-electron chi connectivity index (χ2n) is 4.58. The zero-order chi connectivity index (χ0) is 14.5. The van der Waals surface area contributed by atoms with Gasteiger partial charge in [-0.3, -0.25) is 4.79 Å². The summed E-state index contributed by atoms with van der Waals surface area (Å²) in [6.07, 6.45) is -1.21. The van der Waals surface area contributed by atoms with E-state index in [4.69, 9.17) is 19.7 Å². The van der Waals surface area contributed by atoms with Gasteiger partial charge in [-0.25, -0.2) is 0 Å². The van der Waals surface area contributed by atoms with E-state index < -0.39 is 12.2 Å². The molecule has 20 heavy (non-hydrogen) atoms. The summed E-state index contributed by atoms with van der Waals surface area (Å²) < 4.78 is 11.4. The second kappa shape index (κ2) is 6.58. The van der Waals surface area contributed by atoms with Gasteiger partial charge in [0.15, 0.2) is 11.5 Å². The third-order valence-electron chi connectivity index (χ3n) is 3.14. The predicted molar refractivity (Wildman–Crippen MR) is 71.7 cm³/mol. The van der Waals surface area contributed by atoms with Gasteiger partial charge >= 0.3 is 0 Å². The maximum absolute atomic E-state index is 12.4. The van der Waals surface area contributed by atoms with Crippen LogP contribution < -0.4 is 9.47 Å². The van der Waals surface area contributed by atoms with E-state index in [1.807, 2.05) is 6.07 Å². The molecule has 1 amide bonds. The van der Waals surface area contributed by atoms with Crippen LogP contribution in [0.25, 0.3) is 0 Å². The molecule has 0 aromatic heterocycles. The zero-order valence-electron chi connectivity index (χ0n) is 11.4. The Bertz CT molecular complexity index is 459. The van der Waals surface area contributed by atoms with Gasteiger partial charge in [0.2, 0.25) is 6.10 Å². The summed E-state index contributed by atoms with van der Waals surface area (Å²) in [5.41, 5.74) is 0. The summed E-state index contributed by atoms with van der Waals surface area (Å²) >= 11 is 0. The van der Waals surface area contributed by atoms with Gasteiger partial charge in [-0.1, -0.05) is 12.1 Å². The van der Waals surface area contributed by atoms with Gasteiger partial charge < -0.3 is 24.6 Å². The quantitative estimate of drug-likeness (QED) is 0.796. The normalized spacial score (nSPS) is 20.6. The van der Waals surface area contributed by atoms with E-state index in [0.717, 1.165) is 0 Å². The molecule has 2 unspecified atom stereocenters. The minimum atomic E-state index is -0.775. The average Bonchev–Trinajstić information content (AvgIpc) is 2.45. The Morgan fingerprint density at radius 2 is 1.70 bits per heavy atom. The van der Waals surface area contributed by atoms with E-state index >= 15 is 0 Å². The third kappa shape index (κ3) is 3.02. The summed E-state index contributed by atoms with van der Waals surface area (Å²) in [5, 5.41) is 18.0. The summed E-state index contributed by atoms with van der Waals surface area (Å²) in [6.45, 7) is 1.75. The van der Waals surface area contributed by atoms with E-state index in [1.165, 1.54) is 4.90 Å². The number of ether oxygens (including phenoxy) is 2. The highest BCUT2D eigenvalue weighted by Crippen LogP contribution is 2.33. The fraction of sp³-hybridized carbons (Fsp3) is 0.500. The summed E-state index contributed by atoms with van der Waals surface area (Å²) in [7, 11) is 0. The molecule has 1 heterocycles. The van der Waals surface area contributed by atoms with E-state index in [0.29, 0.717) is 11.5 Å². The van der Waals surface area contributed by atoms with Crippen LogP contribution >= 0.6 is 0 Å². The van der Waals surface area contributed by atoms with Crippen LogP contribution in [0.5, 0.6) is 11.5 Å². The Hall–Kier alpha value is -1.79. The van der Waals surface area contributed by atoms with E-state index in [-0.39, 0.29) is 32.2 Å². The number of carbonyl (C=O) groups is 1. The highest BCUT2D eigenvalue weighted by molar-refractivity contribution is 5.82. The minimum Gasteiger partial charge on any atom is -0.482 e. The fourth-order valence-electron chi connectivity index (χ4n) is 2.14. The van der Waals surface area contributed by atoms with Crippen LogP contribution in [-0.2, 0) is 4.79 Å². The van der Waals surface area contributed by atoms with Crippen LogP contribution in [0.1, 0.15) is 6.92 Å². The maximum atomic E-state index is 12.4. The van der Waals surface area contributed by atoms with Gasteiger partial charge in [-0.15, -0.1) is 0 Å². The van der Waals surface area contributed by atoms with E-state index in [2.05, 4.69) is 0 Å². The lowest BCUT2D eigenvalue weighted by Crippen LogP contribution is -2.51. The molecule has 0 radical (unpaired) electrons. The molecular weight excluding hydrogens is 262 g/mol. The standard InChI is InChI=1S/C14H19NO5/c1-10-13(14(18)15(6-8-16)7-9-17)20-12-5-3-2-4-11(12)19-10/h2-5,10,13,16-17H,6-9H2,1H3. The molecule has 1 aliphatic rings. The number of aliphatic hydroxyl groups excluding tert-OH is 2. The first kappa shape index (κ1) is 14.6. The van der Waals surface area contributed by atoms with Crippen molar-refractivity contribution in [2.75, 3.05) is 26.3 Å². The van der Waals surface area contributed by atoms with Crippen molar-refractivity contribution in [1.29, 1.82) is 0 Å². The molecule has 2 atom stereocenters. The van der Waals surface area contributed by atoms with Crippen LogP contribution in [0.2, 0.25) is 0 Å². The van der Waals surface area contributed by atoms with Gasteiger partial charge in [0, 0.05) is 13.1 Å². The first-order valence-corrected chi connectivity index (χ1v) is 6.60. The topological polar surface area (TPSA) is 79.2 Å². The molecule has 0 fully saturated rings. The molecule has 0 bridgehead atoms. The molecule has 6 nitrogen and oxygen atoms in total. The zero-order valence-corrected chi connectivity index (χ0v) is 11.4. The molecule has 2 N–H and O–H groups in total. The summed E-state index contributed by atoms with van der Waals surface area (Å²) in [5.74, 6) is 0.840. The molecule has 1 aromatic rings. The van der Waals surface area contributed by atoms with Crippen molar-refractivity contribution < 1.29 is 24.5 Å². The van der Waals surface area contributed by atoms with Crippen molar-refractivity contribution in [3.63, 3.8) is 0 Å². The van der Waals surface area contributed by atoms with Crippen molar-refractivity contribution in [2.45, 2.75) is 19.1 Å². The lowest BCUT2D eigenvalue weighted by Gasteiger charge is -2.34. The Kier molecular flexibility index (Phi) is 4.81. The lowest BCUT2D eigenvalue weighted by molar-refractivity contribution is -0.145. The molecule has 0 saturated carbocycles. The largest absolute Gasteiger partial charge is 0.482 e. The van der Waals surface area contributed by atoms with Crippen molar-refractivity contribution >= 4 is 5.91 Å². The number of carbonyl (C=O) groups excluding carboxylic acids is 1. The van der Waals surface area contributed by atoms with Crippen LogP contribution in [0.4, 0.5) is 0 Å². The van der Waals surface area contributed by atoms with Crippen LogP contribution in [0.3, 0.4) is 0 Å². The van der Waals surface area contributed by atoms with Crippen molar-refractivity contribution in [2.24, 2.45) is 0 Å². The van der Waals surface area contributed by atoms with Gasteiger partial charge in [0.05, 0.1) is 13.2 Å². The predicted octanol–water partition coefficient (Wildman–Crippen LogP) is 0.0281. The number of hydrogen-bond acceptors (Lipinski definition) is 5. The van der Waals surface area contributed by atoms with E-state index in [9.17, 15) is 4.79 Å². The maximum Gasteiger partial charge on any atom is 0.267 e. The molecule has 1 aliphatic heterocycles. The van der Waals surface area contributed by atoms with Crippen molar-refractivity contribution in [1.82, 2.24) is 4.90 Å². The number of nitrogens with zero attached hydrogens (tertiary/aromatic N) is 1. The molecule has 2 rings (SSSR count). The van der Waals surface area contributed by atoms with Crippen LogP contribution in [-0.4, -0.2) is 59.5 Å². The summed E-state index contributed by atoms with van der Waals surface area (Å²) in [6, 6.07) is 7.16. The SMILES string of the molecule is CC1Oc2ccccc2OC1C(=O)N(CCO)CCO. The number of benzene rings is 1. The van der Waals surface area contributed by atoms with Gasteiger partial charge in [0.25, 0.3) is 5.91 Å². The van der Waals surface area contributed by atoms with Crippen molar-refractivity contribution in [3.05, 3.63) is 24.3 Å². The van der Waals surface area contributed by atoms with Gasteiger partial charge in [-0.2, -0.15) is 0 Å². The molecule has 1 aromatic carbocycles. The Morgan fingerprint density at radius 1 is 1.15 bits per heavy atom. The summed E-state index contributed by atoms with van der Waals surface area (Å²) in [4.78, 5) is 13.8.